The third-order valence-electron chi connectivity index (χ3n) is 3.34. The van der Waals surface area contributed by atoms with Crippen LogP contribution in [-0.2, 0) is 11.2 Å². The summed E-state index contributed by atoms with van der Waals surface area (Å²) in [6.07, 6.45) is 0.624. The van der Waals surface area contributed by atoms with E-state index in [1.54, 1.807) is 44.6 Å². The van der Waals surface area contributed by atoms with E-state index in [1.807, 2.05) is 0 Å². The molecule has 0 unspecified atom stereocenters. The van der Waals surface area contributed by atoms with E-state index in [4.69, 9.17) is 14.2 Å². The summed E-state index contributed by atoms with van der Waals surface area (Å²) in [5.74, 6) is 1.14. The highest BCUT2D eigenvalue weighted by Crippen LogP contribution is 2.27. The number of methoxy groups -OCH3 is 2. The van der Waals surface area contributed by atoms with Crippen LogP contribution in [0, 0.1) is 5.82 Å². The van der Waals surface area contributed by atoms with Crippen molar-refractivity contribution in [3.63, 3.8) is 0 Å². The van der Waals surface area contributed by atoms with Crippen LogP contribution in [0.5, 0.6) is 17.2 Å². The van der Waals surface area contributed by atoms with Gasteiger partial charge in [0.05, 0.1) is 14.2 Å². The molecule has 128 valence electrons. The first-order chi connectivity index (χ1) is 11.6. The molecule has 24 heavy (non-hydrogen) atoms. The van der Waals surface area contributed by atoms with Crippen molar-refractivity contribution < 1.29 is 23.4 Å². The molecule has 0 radical (unpaired) electrons. The number of nitrogens with one attached hydrogen (secondary N) is 1. The molecule has 2 aromatic carbocycles. The van der Waals surface area contributed by atoms with Crippen LogP contribution in [0.25, 0.3) is 0 Å². The summed E-state index contributed by atoms with van der Waals surface area (Å²) < 4.78 is 28.5. The number of hydrogen-bond acceptors (Lipinski definition) is 4. The molecule has 2 rings (SSSR count). The highest BCUT2D eigenvalue weighted by Gasteiger charge is 2.06. The molecule has 1 N–H and O–H groups in total. The molecular weight excluding hydrogens is 313 g/mol. The number of hydrogen-bond donors (Lipinski definition) is 1. The Morgan fingerprint density at radius 1 is 1.00 bits per heavy atom. The molecule has 0 aliphatic heterocycles. The maximum Gasteiger partial charge on any atom is 0.257 e. The number of benzene rings is 2. The maximum absolute atomic E-state index is 12.8. The Labute approximate surface area is 140 Å². The van der Waals surface area contributed by atoms with Crippen molar-refractivity contribution in [3.8, 4) is 17.2 Å². The molecule has 0 aliphatic carbocycles. The van der Waals surface area contributed by atoms with Crippen LogP contribution in [0.1, 0.15) is 5.56 Å². The lowest BCUT2D eigenvalue weighted by atomic mass is 10.1. The first-order valence-corrected chi connectivity index (χ1v) is 7.47. The molecule has 0 aromatic heterocycles. The lowest BCUT2D eigenvalue weighted by Gasteiger charge is -2.10. The number of rotatable bonds is 8. The van der Waals surface area contributed by atoms with Crippen molar-refractivity contribution in [1.29, 1.82) is 0 Å². The smallest absolute Gasteiger partial charge is 0.257 e. The second-order valence-electron chi connectivity index (χ2n) is 5.06. The predicted octanol–water partition coefficient (Wildman–Crippen LogP) is 2.58. The summed E-state index contributed by atoms with van der Waals surface area (Å²) in [7, 11) is 3.08. The summed E-state index contributed by atoms with van der Waals surface area (Å²) >= 11 is 0. The normalized spacial score (nSPS) is 10.1. The van der Waals surface area contributed by atoms with Crippen LogP contribution in [0.3, 0.4) is 0 Å². The van der Waals surface area contributed by atoms with Crippen molar-refractivity contribution in [2.24, 2.45) is 0 Å². The van der Waals surface area contributed by atoms with Gasteiger partial charge in [0.1, 0.15) is 23.1 Å². The van der Waals surface area contributed by atoms with Crippen LogP contribution in [0.2, 0.25) is 0 Å². The largest absolute Gasteiger partial charge is 0.496 e. The zero-order chi connectivity index (χ0) is 17.4. The van der Waals surface area contributed by atoms with Crippen LogP contribution in [-0.4, -0.2) is 33.3 Å². The van der Waals surface area contributed by atoms with Gasteiger partial charge in [-0.2, -0.15) is 0 Å². The van der Waals surface area contributed by atoms with Gasteiger partial charge in [0.15, 0.2) is 6.61 Å². The van der Waals surface area contributed by atoms with Crippen molar-refractivity contribution in [3.05, 3.63) is 53.8 Å². The van der Waals surface area contributed by atoms with E-state index in [-0.39, 0.29) is 18.3 Å². The lowest BCUT2D eigenvalue weighted by molar-refractivity contribution is -0.123. The molecule has 0 bridgehead atoms. The Bertz CT molecular complexity index is 651. The molecule has 0 fully saturated rings. The fourth-order valence-electron chi connectivity index (χ4n) is 2.06. The number of carbonyl (C=O) groups is 1. The first kappa shape index (κ1) is 17.6. The Morgan fingerprint density at radius 3 is 2.17 bits per heavy atom. The number of ether oxygens (including phenoxy) is 3. The van der Waals surface area contributed by atoms with Crippen molar-refractivity contribution in [2.75, 3.05) is 27.4 Å². The molecule has 5 nitrogen and oxygen atoms in total. The maximum atomic E-state index is 12.8. The number of halogens is 1. The minimum absolute atomic E-state index is 0.111. The highest BCUT2D eigenvalue weighted by molar-refractivity contribution is 5.77. The molecule has 0 spiro atoms. The van der Waals surface area contributed by atoms with Crippen LogP contribution in [0.15, 0.2) is 42.5 Å². The van der Waals surface area contributed by atoms with Gasteiger partial charge in [0.2, 0.25) is 0 Å². The Balaban J connectivity index is 1.77. The lowest BCUT2D eigenvalue weighted by Crippen LogP contribution is -2.30. The Hall–Kier alpha value is -2.76. The molecule has 0 atom stereocenters. The zero-order valence-electron chi connectivity index (χ0n) is 13.7. The average Bonchev–Trinajstić information content (AvgIpc) is 2.61. The van der Waals surface area contributed by atoms with E-state index in [2.05, 4.69) is 5.32 Å². The van der Waals surface area contributed by atoms with Gasteiger partial charge in [-0.25, -0.2) is 4.39 Å². The minimum Gasteiger partial charge on any atom is -0.496 e. The molecule has 0 saturated heterocycles. The van der Waals surface area contributed by atoms with E-state index >= 15 is 0 Å². The van der Waals surface area contributed by atoms with E-state index in [9.17, 15) is 9.18 Å². The minimum atomic E-state index is -0.273. The van der Waals surface area contributed by atoms with Gasteiger partial charge in [-0.3, -0.25) is 4.79 Å². The molecule has 0 saturated carbocycles. The quantitative estimate of drug-likeness (QED) is 0.807. The van der Waals surface area contributed by atoms with Gasteiger partial charge >= 0.3 is 0 Å². The second kappa shape index (κ2) is 8.76. The topological polar surface area (TPSA) is 56.8 Å². The fourth-order valence-corrected chi connectivity index (χ4v) is 2.06. The third kappa shape index (κ3) is 5.46. The van der Waals surface area contributed by atoms with Gasteiger partial charge in [-0.05, 0) is 24.1 Å². The monoisotopic (exact) mass is 333 g/mol. The SMILES string of the molecule is COc1cc(OC)cc(OCC(=O)NCCc2ccc(F)cc2)c1. The molecule has 0 heterocycles. The average molecular weight is 333 g/mol. The van der Waals surface area contributed by atoms with E-state index in [1.165, 1.54) is 12.1 Å². The molecule has 6 heteroatoms. The van der Waals surface area contributed by atoms with Gasteiger partial charge in [-0.1, -0.05) is 12.1 Å². The standard InChI is InChI=1S/C18H20FNO4/c1-22-15-9-16(23-2)11-17(10-15)24-12-18(21)20-8-7-13-3-5-14(19)6-4-13/h3-6,9-11H,7-8,12H2,1-2H3,(H,20,21). The van der Waals surface area contributed by atoms with E-state index in [0.29, 0.717) is 30.2 Å². The number of amides is 1. The molecule has 2 aromatic rings. The van der Waals surface area contributed by atoms with Gasteiger partial charge in [0.25, 0.3) is 5.91 Å². The predicted molar refractivity (Wildman–Crippen MR) is 88.2 cm³/mol. The third-order valence-corrected chi connectivity index (χ3v) is 3.34. The summed E-state index contributed by atoms with van der Waals surface area (Å²) in [5, 5.41) is 2.75. The Kier molecular flexibility index (Phi) is 6.42. The summed E-state index contributed by atoms with van der Waals surface area (Å²) in [5.41, 5.74) is 0.954. The van der Waals surface area contributed by atoms with Crippen LogP contribution >= 0.6 is 0 Å². The van der Waals surface area contributed by atoms with Crippen LogP contribution in [0.4, 0.5) is 4.39 Å². The van der Waals surface area contributed by atoms with E-state index in [0.717, 1.165) is 5.56 Å². The zero-order valence-corrected chi connectivity index (χ0v) is 13.7. The first-order valence-electron chi connectivity index (χ1n) is 7.47. The summed E-state index contributed by atoms with van der Waals surface area (Å²) in [4.78, 5) is 11.8. The van der Waals surface area contributed by atoms with Crippen LogP contribution < -0.4 is 19.5 Å². The van der Waals surface area contributed by atoms with Crippen molar-refractivity contribution in [2.45, 2.75) is 6.42 Å². The second-order valence-corrected chi connectivity index (χ2v) is 5.06. The molecule has 1 amide bonds. The number of carbonyl (C=O) groups excluding carboxylic acids is 1. The van der Waals surface area contributed by atoms with Crippen molar-refractivity contribution >= 4 is 5.91 Å². The highest BCUT2D eigenvalue weighted by atomic mass is 19.1. The van der Waals surface area contributed by atoms with E-state index < -0.39 is 0 Å². The van der Waals surface area contributed by atoms with Gasteiger partial charge in [-0.15, -0.1) is 0 Å². The summed E-state index contributed by atoms with van der Waals surface area (Å²) in [6, 6.07) is 11.3. The fraction of sp³-hybridized carbons (Fsp3) is 0.278. The van der Waals surface area contributed by atoms with Crippen molar-refractivity contribution in [1.82, 2.24) is 5.32 Å². The molecule has 0 aliphatic rings. The molecular formula is C18H20FNO4. The van der Waals surface area contributed by atoms with Gasteiger partial charge in [0, 0.05) is 24.7 Å². The van der Waals surface area contributed by atoms with Gasteiger partial charge < -0.3 is 19.5 Å². The summed E-state index contributed by atoms with van der Waals surface area (Å²) in [6.45, 7) is 0.342. The Morgan fingerprint density at radius 2 is 1.58 bits per heavy atom.